The molecule has 1 saturated heterocycles. The van der Waals surface area contributed by atoms with Crippen molar-refractivity contribution in [3.05, 3.63) is 0 Å². The van der Waals surface area contributed by atoms with Crippen molar-refractivity contribution in [1.82, 2.24) is 15.8 Å². The Morgan fingerprint density at radius 3 is 2.38 bits per heavy atom. The van der Waals surface area contributed by atoms with E-state index in [0.717, 1.165) is 0 Å². The minimum Gasteiger partial charge on any atom is -0.548 e. The summed E-state index contributed by atoms with van der Waals surface area (Å²) in [7, 11) is 0. The fourth-order valence-electron chi connectivity index (χ4n) is 2.06. The molecule has 1 fully saturated rings. The van der Waals surface area contributed by atoms with Gasteiger partial charge in [0.1, 0.15) is 6.04 Å². The molecule has 120 valence electrons. The molecule has 1 aliphatic heterocycles. The van der Waals surface area contributed by atoms with Gasteiger partial charge in [0.05, 0.1) is 12.0 Å². The molecule has 0 aromatic carbocycles. The number of nitrogens with zero attached hydrogens (tertiary/aromatic N) is 1. The summed E-state index contributed by atoms with van der Waals surface area (Å²) in [5, 5.41) is 14.8. The van der Waals surface area contributed by atoms with Crippen LogP contribution in [0, 0.1) is 11.8 Å². The van der Waals surface area contributed by atoms with E-state index in [9.17, 15) is 19.5 Å². The molecule has 0 bridgehead atoms. The van der Waals surface area contributed by atoms with E-state index >= 15 is 0 Å². The van der Waals surface area contributed by atoms with Crippen molar-refractivity contribution in [3.8, 4) is 0 Å². The van der Waals surface area contributed by atoms with Crippen molar-refractivity contribution < 1.29 is 19.5 Å². The van der Waals surface area contributed by atoms with Crippen molar-refractivity contribution in [2.24, 2.45) is 11.8 Å². The van der Waals surface area contributed by atoms with Gasteiger partial charge >= 0.3 is 0 Å². The van der Waals surface area contributed by atoms with Crippen LogP contribution in [-0.4, -0.2) is 41.4 Å². The summed E-state index contributed by atoms with van der Waals surface area (Å²) in [4.78, 5) is 35.0. The second-order valence-electron chi connectivity index (χ2n) is 5.90. The van der Waals surface area contributed by atoms with Crippen LogP contribution >= 0.6 is 0 Å². The van der Waals surface area contributed by atoms with Gasteiger partial charge in [0.25, 0.3) is 5.91 Å². The largest absolute Gasteiger partial charge is 0.548 e. The Morgan fingerprint density at radius 1 is 1.24 bits per heavy atom. The van der Waals surface area contributed by atoms with Crippen LogP contribution in [0.3, 0.4) is 0 Å². The van der Waals surface area contributed by atoms with Gasteiger partial charge in [-0.1, -0.05) is 20.8 Å². The standard InChI is InChI=1S/C14H25N3O4/c1-8(2)9(3)12(18)15-10(4)13(19)17-7-5-6-11(16-17)14(20)21/h8-11,16H,5-7H2,1-4H3,(H,15,18)(H,20,21)/p-1/t9-,10-,11?/m0/s1. The molecule has 0 spiro atoms. The molecule has 1 aliphatic rings. The van der Waals surface area contributed by atoms with E-state index < -0.39 is 18.1 Å². The Bertz CT molecular complexity index is 411. The maximum Gasteiger partial charge on any atom is 0.258 e. The average Bonchev–Trinajstić information content (AvgIpc) is 2.45. The molecule has 3 atom stereocenters. The summed E-state index contributed by atoms with van der Waals surface area (Å²) >= 11 is 0. The first-order valence-corrected chi connectivity index (χ1v) is 7.32. The van der Waals surface area contributed by atoms with Gasteiger partial charge in [0, 0.05) is 12.5 Å². The number of hydrazine groups is 1. The first kappa shape index (κ1) is 17.4. The summed E-state index contributed by atoms with van der Waals surface area (Å²) in [6.07, 6.45) is 1.01. The number of carbonyl (C=O) groups excluding carboxylic acids is 3. The molecular formula is C14H24N3O4-. The number of aliphatic carboxylic acids is 1. The lowest BCUT2D eigenvalue weighted by Crippen LogP contribution is -2.61. The third-order valence-corrected chi connectivity index (χ3v) is 3.88. The lowest BCUT2D eigenvalue weighted by molar-refractivity contribution is -0.310. The fourth-order valence-corrected chi connectivity index (χ4v) is 2.06. The number of hydrogen-bond donors (Lipinski definition) is 2. The van der Waals surface area contributed by atoms with E-state index in [1.54, 1.807) is 6.92 Å². The highest BCUT2D eigenvalue weighted by molar-refractivity contribution is 5.88. The summed E-state index contributed by atoms with van der Waals surface area (Å²) in [6.45, 7) is 7.70. The Labute approximate surface area is 125 Å². The summed E-state index contributed by atoms with van der Waals surface area (Å²) in [5.74, 6) is -1.75. The van der Waals surface area contributed by atoms with E-state index in [4.69, 9.17) is 0 Å². The number of carboxylic acids is 1. The monoisotopic (exact) mass is 298 g/mol. The van der Waals surface area contributed by atoms with Crippen molar-refractivity contribution in [2.45, 2.75) is 52.6 Å². The predicted molar refractivity (Wildman–Crippen MR) is 74.5 cm³/mol. The lowest BCUT2D eigenvalue weighted by atomic mass is 9.97. The zero-order chi connectivity index (χ0) is 16.2. The van der Waals surface area contributed by atoms with Crippen LogP contribution in [0.2, 0.25) is 0 Å². The molecule has 21 heavy (non-hydrogen) atoms. The van der Waals surface area contributed by atoms with E-state index in [2.05, 4.69) is 10.7 Å². The van der Waals surface area contributed by atoms with Crippen molar-refractivity contribution in [1.29, 1.82) is 0 Å². The highest BCUT2D eigenvalue weighted by Gasteiger charge is 2.28. The first-order chi connectivity index (χ1) is 9.73. The summed E-state index contributed by atoms with van der Waals surface area (Å²) in [6, 6.07) is -1.56. The number of hydrogen-bond acceptors (Lipinski definition) is 5. The Hall–Kier alpha value is -1.63. The summed E-state index contributed by atoms with van der Waals surface area (Å²) in [5.41, 5.74) is 2.63. The highest BCUT2D eigenvalue weighted by atomic mass is 16.4. The van der Waals surface area contributed by atoms with Crippen LogP contribution in [0.1, 0.15) is 40.5 Å². The van der Waals surface area contributed by atoms with E-state index in [1.165, 1.54) is 5.01 Å². The number of rotatable bonds is 5. The predicted octanol–water partition coefficient (Wildman–Crippen LogP) is -0.971. The molecule has 0 radical (unpaired) electrons. The van der Waals surface area contributed by atoms with Crippen LogP contribution in [-0.2, 0) is 14.4 Å². The van der Waals surface area contributed by atoms with Crippen molar-refractivity contribution >= 4 is 17.8 Å². The second-order valence-corrected chi connectivity index (χ2v) is 5.90. The van der Waals surface area contributed by atoms with Gasteiger partial charge in [0.2, 0.25) is 5.91 Å². The van der Waals surface area contributed by atoms with E-state index in [0.29, 0.717) is 19.4 Å². The molecule has 2 N–H and O–H groups in total. The van der Waals surface area contributed by atoms with Crippen LogP contribution in [0.4, 0.5) is 0 Å². The van der Waals surface area contributed by atoms with Crippen LogP contribution in [0.5, 0.6) is 0 Å². The lowest BCUT2D eigenvalue weighted by Gasteiger charge is -2.36. The number of carbonyl (C=O) groups is 3. The van der Waals surface area contributed by atoms with Gasteiger partial charge in [0.15, 0.2) is 0 Å². The van der Waals surface area contributed by atoms with Crippen molar-refractivity contribution in [3.63, 3.8) is 0 Å². The smallest absolute Gasteiger partial charge is 0.258 e. The number of nitrogens with one attached hydrogen (secondary N) is 2. The molecule has 1 rings (SSSR count). The SMILES string of the molecule is CC(C)[C@H](C)C(=O)N[C@@H](C)C(=O)N1CCCC(C(=O)[O-])N1. The maximum atomic E-state index is 12.2. The first-order valence-electron chi connectivity index (χ1n) is 7.32. The molecule has 0 aromatic heterocycles. The fraction of sp³-hybridized carbons (Fsp3) is 0.786. The van der Waals surface area contributed by atoms with Crippen molar-refractivity contribution in [2.75, 3.05) is 6.54 Å². The normalized spacial score (nSPS) is 21.8. The molecule has 1 unspecified atom stereocenters. The van der Waals surface area contributed by atoms with Gasteiger partial charge < -0.3 is 15.2 Å². The molecule has 1 heterocycles. The van der Waals surface area contributed by atoms with Gasteiger partial charge in [-0.2, -0.15) is 0 Å². The zero-order valence-electron chi connectivity index (χ0n) is 13.0. The Morgan fingerprint density at radius 2 is 1.86 bits per heavy atom. The number of amides is 2. The van der Waals surface area contributed by atoms with E-state index in [-0.39, 0.29) is 23.7 Å². The van der Waals surface area contributed by atoms with Crippen LogP contribution < -0.4 is 15.8 Å². The van der Waals surface area contributed by atoms with Gasteiger partial charge in [-0.25, -0.2) is 5.43 Å². The number of carboxylic acid groups (broad SMARTS) is 1. The summed E-state index contributed by atoms with van der Waals surface area (Å²) < 4.78 is 0. The minimum absolute atomic E-state index is 0.181. The Balaban J connectivity index is 2.57. The van der Waals surface area contributed by atoms with Gasteiger partial charge in [-0.05, 0) is 25.7 Å². The third kappa shape index (κ3) is 4.70. The van der Waals surface area contributed by atoms with Gasteiger partial charge in [-0.3, -0.25) is 14.6 Å². The quantitative estimate of drug-likeness (QED) is 0.680. The minimum atomic E-state index is -1.22. The molecule has 0 aromatic rings. The second kappa shape index (κ2) is 7.40. The van der Waals surface area contributed by atoms with Crippen LogP contribution in [0.15, 0.2) is 0 Å². The molecule has 7 nitrogen and oxygen atoms in total. The highest BCUT2D eigenvalue weighted by Crippen LogP contribution is 2.11. The van der Waals surface area contributed by atoms with Crippen LogP contribution in [0.25, 0.3) is 0 Å². The molecule has 0 saturated carbocycles. The molecule has 7 heteroatoms. The average molecular weight is 298 g/mol. The van der Waals surface area contributed by atoms with E-state index in [1.807, 2.05) is 20.8 Å². The maximum absolute atomic E-state index is 12.2. The van der Waals surface area contributed by atoms with Gasteiger partial charge in [-0.15, -0.1) is 0 Å². The molecule has 0 aliphatic carbocycles. The molecule has 2 amide bonds. The topological polar surface area (TPSA) is 102 Å². The Kier molecular flexibility index (Phi) is 6.14. The zero-order valence-corrected chi connectivity index (χ0v) is 13.0. The third-order valence-electron chi connectivity index (χ3n) is 3.88. The molecular weight excluding hydrogens is 274 g/mol.